The van der Waals surface area contributed by atoms with Crippen LogP contribution in [0.3, 0.4) is 0 Å². The van der Waals surface area contributed by atoms with Gasteiger partial charge in [-0.25, -0.2) is 0 Å². The number of carbonyl (C=O) groups is 1. The van der Waals surface area contributed by atoms with E-state index < -0.39 is 0 Å². The fraction of sp³-hybridized carbons (Fsp3) is 0.0909. The molecular weight excluding hydrogens is 278 g/mol. The molecule has 1 aromatic heterocycles. The molecule has 0 bridgehead atoms. The van der Waals surface area contributed by atoms with E-state index in [1.54, 1.807) is 11.8 Å². The van der Waals surface area contributed by atoms with Gasteiger partial charge < -0.3 is 4.74 Å². The van der Waals surface area contributed by atoms with Crippen LogP contribution in [0.15, 0.2) is 29.2 Å². The second-order valence-electron chi connectivity index (χ2n) is 3.01. The van der Waals surface area contributed by atoms with Crippen molar-refractivity contribution in [3.8, 4) is 10.9 Å². The van der Waals surface area contributed by atoms with Crippen LogP contribution in [-0.2, 0) is 0 Å². The summed E-state index contributed by atoms with van der Waals surface area (Å²) >= 11 is 8.48. The van der Waals surface area contributed by atoms with E-state index in [1.807, 2.05) is 30.5 Å². The zero-order valence-electron chi connectivity index (χ0n) is 8.84. The van der Waals surface area contributed by atoms with E-state index in [2.05, 4.69) is 4.98 Å². The number of thioether (sulfide) groups is 1. The molecule has 0 radical (unpaired) electrons. The maximum absolute atomic E-state index is 10.6. The highest BCUT2D eigenvalue weighted by molar-refractivity contribution is 7.98. The van der Waals surface area contributed by atoms with E-state index in [9.17, 15) is 4.79 Å². The molecule has 2 aromatic rings. The fourth-order valence-electron chi connectivity index (χ4n) is 1.21. The van der Waals surface area contributed by atoms with Crippen LogP contribution in [0.25, 0.3) is 0 Å². The molecule has 17 heavy (non-hydrogen) atoms. The number of hydrogen-bond acceptors (Lipinski definition) is 5. The summed E-state index contributed by atoms with van der Waals surface area (Å²) in [5.41, 5.74) is 0. The molecule has 0 fully saturated rings. The maximum atomic E-state index is 10.6. The Morgan fingerprint density at radius 1 is 1.47 bits per heavy atom. The van der Waals surface area contributed by atoms with Crippen molar-refractivity contribution in [3.05, 3.63) is 34.3 Å². The largest absolute Gasteiger partial charge is 0.430 e. The number of aldehydes is 1. The third kappa shape index (κ3) is 2.80. The molecule has 0 unspecified atom stereocenters. The zero-order valence-corrected chi connectivity index (χ0v) is 11.2. The number of thiazole rings is 1. The van der Waals surface area contributed by atoms with Crippen molar-refractivity contribution in [1.29, 1.82) is 0 Å². The number of carbonyl (C=O) groups excluding carboxylic acids is 1. The molecule has 0 atom stereocenters. The quantitative estimate of drug-likeness (QED) is 0.626. The Morgan fingerprint density at radius 3 is 2.88 bits per heavy atom. The highest BCUT2D eigenvalue weighted by Crippen LogP contribution is 2.35. The molecule has 1 heterocycles. The Morgan fingerprint density at radius 2 is 2.24 bits per heavy atom. The lowest BCUT2D eigenvalue weighted by atomic mass is 10.3. The van der Waals surface area contributed by atoms with E-state index in [4.69, 9.17) is 16.3 Å². The first-order chi connectivity index (χ1) is 8.24. The first kappa shape index (κ1) is 12.4. The Balaban J connectivity index is 2.28. The number of rotatable bonds is 4. The van der Waals surface area contributed by atoms with Crippen LogP contribution in [0.2, 0.25) is 5.15 Å². The van der Waals surface area contributed by atoms with E-state index in [1.165, 1.54) is 0 Å². The Labute approximate surface area is 112 Å². The van der Waals surface area contributed by atoms with E-state index in [-0.39, 0.29) is 5.15 Å². The maximum Gasteiger partial charge on any atom is 0.280 e. The molecule has 2 rings (SSSR count). The number of ether oxygens (including phenoxy) is 1. The molecule has 0 aliphatic carbocycles. The smallest absolute Gasteiger partial charge is 0.280 e. The van der Waals surface area contributed by atoms with Crippen molar-refractivity contribution in [3.63, 3.8) is 0 Å². The van der Waals surface area contributed by atoms with Gasteiger partial charge in [-0.05, 0) is 18.4 Å². The first-order valence-electron chi connectivity index (χ1n) is 4.67. The number of hydrogen-bond donors (Lipinski definition) is 0. The average Bonchev–Trinajstić information content (AvgIpc) is 2.70. The second kappa shape index (κ2) is 5.53. The van der Waals surface area contributed by atoms with Gasteiger partial charge >= 0.3 is 0 Å². The predicted octanol–water partition coefficient (Wildman–Crippen LogP) is 4.12. The predicted molar refractivity (Wildman–Crippen MR) is 70.8 cm³/mol. The molecule has 88 valence electrons. The van der Waals surface area contributed by atoms with Gasteiger partial charge in [0.05, 0.1) is 0 Å². The van der Waals surface area contributed by atoms with Crippen molar-refractivity contribution >= 4 is 41.0 Å². The number of benzene rings is 1. The van der Waals surface area contributed by atoms with Crippen LogP contribution >= 0.6 is 34.7 Å². The van der Waals surface area contributed by atoms with Gasteiger partial charge in [-0.2, -0.15) is 4.98 Å². The first-order valence-corrected chi connectivity index (χ1v) is 7.09. The van der Waals surface area contributed by atoms with Gasteiger partial charge in [0.25, 0.3) is 5.19 Å². The molecule has 0 amide bonds. The summed E-state index contributed by atoms with van der Waals surface area (Å²) in [6.07, 6.45) is 2.64. The molecule has 3 nitrogen and oxygen atoms in total. The fourth-order valence-corrected chi connectivity index (χ4v) is 2.65. The van der Waals surface area contributed by atoms with Crippen LogP contribution in [0.1, 0.15) is 9.67 Å². The van der Waals surface area contributed by atoms with Crippen molar-refractivity contribution in [1.82, 2.24) is 4.98 Å². The molecule has 6 heteroatoms. The second-order valence-corrected chi connectivity index (χ2v) is 5.20. The SMILES string of the molecule is CSc1ccccc1Oc1nc(Cl)c(C=O)s1. The minimum atomic E-state index is 0.182. The Bertz CT molecular complexity index is 542. The summed E-state index contributed by atoms with van der Waals surface area (Å²) in [5.74, 6) is 0.711. The zero-order chi connectivity index (χ0) is 12.3. The van der Waals surface area contributed by atoms with Crippen LogP contribution in [-0.4, -0.2) is 17.5 Å². The van der Waals surface area contributed by atoms with Gasteiger partial charge in [-0.3, -0.25) is 4.79 Å². The van der Waals surface area contributed by atoms with Crippen molar-refractivity contribution in [2.75, 3.05) is 6.26 Å². The number of halogens is 1. The molecule has 1 aromatic carbocycles. The summed E-state index contributed by atoms with van der Waals surface area (Å²) in [4.78, 5) is 16.0. The van der Waals surface area contributed by atoms with E-state index >= 15 is 0 Å². The normalized spacial score (nSPS) is 10.2. The van der Waals surface area contributed by atoms with Crippen LogP contribution < -0.4 is 4.74 Å². The van der Waals surface area contributed by atoms with Crippen molar-refractivity contribution in [2.24, 2.45) is 0 Å². The lowest BCUT2D eigenvalue weighted by Crippen LogP contribution is -1.85. The molecule has 0 N–H and O–H groups in total. The summed E-state index contributed by atoms with van der Waals surface area (Å²) in [5, 5.41) is 0.556. The van der Waals surface area contributed by atoms with Gasteiger partial charge in [0.15, 0.2) is 11.4 Å². The lowest BCUT2D eigenvalue weighted by molar-refractivity contribution is 0.112. The van der Waals surface area contributed by atoms with Gasteiger partial charge in [-0.1, -0.05) is 35.1 Å². The Kier molecular flexibility index (Phi) is 4.04. The van der Waals surface area contributed by atoms with Gasteiger partial charge in [0.2, 0.25) is 0 Å². The molecular formula is C11H8ClNO2S2. The highest BCUT2D eigenvalue weighted by Gasteiger charge is 2.11. The average molecular weight is 286 g/mol. The van der Waals surface area contributed by atoms with E-state index in [0.29, 0.717) is 22.1 Å². The molecule has 0 saturated carbocycles. The lowest BCUT2D eigenvalue weighted by Gasteiger charge is -2.05. The third-order valence-corrected chi connectivity index (χ3v) is 4.00. The summed E-state index contributed by atoms with van der Waals surface area (Å²) < 4.78 is 5.61. The van der Waals surface area contributed by atoms with E-state index in [0.717, 1.165) is 16.2 Å². The minimum absolute atomic E-state index is 0.182. The third-order valence-electron chi connectivity index (χ3n) is 1.96. The number of nitrogens with zero attached hydrogens (tertiary/aromatic N) is 1. The summed E-state index contributed by atoms with van der Waals surface area (Å²) in [6, 6.07) is 7.62. The molecule has 0 spiro atoms. The topological polar surface area (TPSA) is 39.2 Å². The van der Waals surface area contributed by atoms with Crippen molar-refractivity contribution in [2.45, 2.75) is 4.90 Å². The summed E-state index contributed by atoms with van der Waals surface area (Å²) in [7, 11) is 0. The standard InChI is InChI=1S/C11H8ClNO2S2/c1-16-8-5-3-2-4-7(8)15-11-13-10(12)9(6-14)17-11/h2-6H,1H3. The van der Waals surface area contributed by atoms with Crippen LogP contribution in [0, 0.1) is 0 Å². The molecule has 0 saturated heterocycles. The monoisotopic (exact) mass is 285 g/mol. The van der Waals surface area contributed by atoms with Crippen LogP contribution in [0.5, 0.6) is 10.9 Å². The summed E-state index contributed by atoms with van der Waals surface area (Å²) in [6.45, 7) is 0. The molecule has 0 aliphatic rings. The number of para-hydroxylation sites is 1. The number of aromatic nitrogens is 1. The van der Waals surface area contributed by atoms with Crippen molar-refractivity contribution < 1.29 is 9.53 Å². The van der Waals surface area contributed by atoms with Gasteiger partial charge in [0, 0.05) is 4.90 Å². The van der Waals surface area contributed by atoms with Gasteiger partial charge in [0.1, 0.15) is 10.6 Å². The highest BCUT2D eigenvalue weighted by atomic mass is 35.5. The molecule has 0 aliphatic heterocycles. The van der Waals surface area contributed by atoms with Crippen LogP contribution in [0.4, 0.5) is 0 Å². The van der Waals surface area contributed by atoms with Gasteiger partial charge in [-0.15, -0.1) is 11.8 Å². The Hall–Kier alpha value is -1.04. The minimum Gasteiger partial charge on any atom is -0.430 e.